The zero-order valence-corrected chi connectivity index (χ0v) is 7.10. The monoisotopic (exact) mass is 154 g/mol. The minimum atomic E-state index is -0.0851. The van der Waals surface area contributed by atoms with Gasteiger partial charge in [-0.05, 0) is 19.8 Å². The normalized spacial score (nSPS) is 23.0. The second kappa shape index (κ2) is 4.50. The third-order valence-corrected chi connectivity index (χ3v) is 2.27. The van der Waals surface area contributed by atoms with Crippen molar-refractivity contribution in [1.29, 1.82) is 0 Å². The molecule has 1 aliphatic carbocycles. The molecule has 1 aliphatic rings. The number of hydrogen-bond donors (Lipinski definition) is 1. The van der Waals surface area contributed by atoms with Gasteiger partial charge in [-0.25, -0.2) is 0 Å². The van der Waals surface area contributed by atoms with Crippen molar-refractivity contribution in [3.8, 4) is 0 Å². The van der Waals surface area contributed by atoms with E-state index in [-0.39, 0.29) is 6.04 Å². The highest BCUT2D eigenvalue weighted by Crippen LogP contribution is 2.17. The van der Waals surface area contributed by atoms with Crippen molar-refractivity contribution in [2.75, 3.05) is 0 Å². The topological polar surface area (TPSA) is 29.1 Å². The summed E-state index contributed by atoms with van der Waals surface area (Å²) in [6, 6.07) is 0.485. The third-order valence-electron chi connectivity index (χ3n) is 2.27. The van der Waals surface area contributed by atoms with Gasteiger partial charge in [0.1, 0.15) is 0 Å². The lowest BCUT2D eigenvalue weighted by Gasteiger charge is -2.23. The summed E-state index contributed by atoms with van der Waals surface area (Å²) < 4.78 is 0. The molecule has 2 nitrogen and oxygen atoms in total. The first-order valence-corrected chi connectivity index (χ1v) is 4.46. The molecule has 1 N–H and O–H groups in total. The lowest BCUT2D eigenvalue weighted by atomic mass is 9.95. The molecule has 63 valence electrons. The maximum Gasteiger partial charge on any atom is 0.216 e. The summed E-state index contributed by atoms with van der Waals surface area (Å²) in [7, 11) is 0. The van der Waals surface area contributed by atoms with Gasteiger partial charge in [-0.3, -0.25) is 4.79 Å². The molecular weight excluding hydrogens is 138 g/mol. The van der Waals surface area contributed by atoms with Crippen LogP contribution in [0.5, 0.6) is 0 Å². The summed E-state index contributed by atoms with van der Waals surface area (Å²) in [6.07, 6.45) is 8.38. The maximum absolute atomic E-state index is 10.2. The zero-order chi connectivity index (χ0) is 8.10. The van der Waals surface area contributed by atoms with Crippen LogP contribution in [-0.2, 0) is 4.79 Å². The van der Waals surface area contributed by atoms with Gasteiger partial charge in [0.05, 0.1) is 6.04 Å². The van der Waals surface area contributed by atoms with Crippen molar-refractivity contribution in [1.82, 2.24) is 5.32 Å². The zero-order valence-electron chi connectivity index (χ0n) is 7.10. The average molecular weight is 154 g/mol. The van der Waals surface area contributed by atoms with Crippen LogP contribution in [0.2, 0.25) is 0 Å². The summed E-state index contributed by atoms with van der Waals surface area (Å²) in [5.74, 6) is 0. The Morgan fingerprint density at radius 3 is 2.55 bits per heavy atom. The van der Waals surface area contributed by atoms with Crippen molar-refractivity contribution < 1.29 is 4.79 Å². The molecule has 1 rings (SSSR count). The van der Waals surface area contributed by atoms with E-state index in [1.54, 1.807) is 0 Å². The molecule has 0 aromatic heterocycles. The fourth-order valence-electron chi connectivity index (χ4n) is 1.66. The summed E-state index contributed by atoms with van der Waals surface area (Å²) in [4.78, 5) is 10.2. The Morgan fingerprint density at radius 2 is 2.00 bits per heavy atom. The number of carbonyl (C=O) groups excluding carboxylic acids is 1. The predicted octanol–water partition coefficient (Wildman–Crippen LogP) is 1.41. The maximum atomic E-state index is 10.2. The minimum Gasteiger partial charge on any atom is -0.305 e. The Morgan fingerprint density at radius 1 is 1.36 bits per heavy atom. The number of hydrogen-bond acceptors (Lipinski definition) is 2. The Labute approximate surface area is 68.4 Å². The van der Waals surface area contributed by atoms with E-state index in [9.17, 15) is 4.79 Å². The van der Waals surface area contributed by atoms with Gasteiger partial charge >= 0.3 is 0 Å². The molecule has 0 aromatic carbocycles. The van der Waals surface area contributed by atoms with Gasteiger partial charge in [0, 0.05) is 6.04 Å². The van der Waals surface area contributed by atoms with Crippen LogP contribution >= 0.6 is 0 Å². The third kappa shape index (κ3) is 3.02. The van der Waals surface area contributed by atoms with Crippen LogP contribution in [0.25, 0.3) is 0 Å². The molecule has 11 heavy (non-hydrogen) atoms. The second-order valence-electron chi connectivity index (χ2n) is 3.34. The van der Waals surface area contributed by atoms with Gasteiger partial charge in [0.15, 0.2) is 0 Å². The summed E-state index contributed by atoms with van der Waals surface area (Å²) in [5, 5.41) is 3.24. The predicted molar refractivity (Wildman–Crippen MR) is 45.2 cm³/mol. The van der Waals surface area contributed by atoms with Crippen LogP contribution in [0.1, 0.15) is 39.0 Å². The molecule has 2 heteroatoms. The van der Waals surface area contributed by atoms with Crippen molar-refractivity contribution in [3.63, 3.8) is 0 Å². The van der Waals surface area contributed by atoms with E-state index >= 15 is 0 Å². The summed E-state index contributed by atoms with van der Waals surface area (Å²) in [6.45, 7) is 1.86. The number of rotatable bonds is 3. The van der Waals surface area contributed by atoms with Crippen LogP contribution in [0, 0.1) is 0 Å². The second-order valence-corrected chi connectivity index (χ2v) is 3.34. The van der Waals surface area contributed by atoms with Crippen molar-refractivity contribution >= 4 is 6.29 Å². The van der Waals surface area contributed by atoms with E-state index < -0.39 is 0 Å². The van der Waals surface area contributed by atoms with Crippen molar-refractivity contribution in [2.45, 2.75) is 51.1 Å². The summed E-state index contributed by atoms with van der Waals surface area (Å²) >= 11 is 0. The first-order chi connectivity index (χ1) is 5.33. The van der Waals surface area contributed by atoms with Crippen LogP contribution in [0.15, 0.2) is 0 Å². The van der Waals surface area contributed by atoms with Gasteiger partial charge in [0.25, 0.3) is 0 Å². The fourth-order valence-corrected chi connectivity index (χ4v) is 1.66. The average Bonchev–Trinajstić information content (AvgIpc) is 2.06. The van der Waals surface area contributed by atoms with Crippen molar-refractivity contribution in [2.24, 2.45) is 0 Å². The van der Waals surface area contributed by atoms with Crippen molar-refractivity contribution in [3.05, 3.63) is 0 Å². The van der Waals surface area contributed by atoms with Gasteiger partial charge in [-0.2, -0.15) is 0 Å². The quantitative estimate of drug-likeness (QED) is 0.666. The first-order valence-electron chi connectivity index (χ1n) is 4.46. The standard InChI is InChI=1S/C9H16NO/c1-8(7-11)10-9-5-3-2-4-6-9/h8-10H,2-6H2,1H3/t8-/m0/s1. The molecule has 0 bridgehead atoms. The van der Waals surface area contributed by atoms with Gasteiger partial charge in [-0.1, -0.05) is 19.3 Å². The largest absolute Gasteiger partial charge is 0.305 e. The van der Waals surface area contributed by atoms with Crippen LogP contribution in [0.4, 0.5) is 0 Å². The SMILES string of the molecule is C[C@@H]([C]=O)NC1CCCCC1. The molecule has 1 atom stereocenters. The first kappa shape index (κ1) is 8.72. The molecule has 1 fully saturated rings. The minimum absolute atomic E-state index is 0.0851. The van der Waals surface area contributed by atoms with Crippen LogP contribution < -0.4 is 5.32 Å². The van der Waals surface area contributed by atoms with E-state index in [2.05, 4.69) is 5.32 Å². The summed E-state index contributed by atoms with van der Waals surface area (Å²) in [5.41, 5.74) is 0. The molecule has 0 aromatic rings. The molecule has 0 aliphatic heterocycles. The Bertz CT molecular complexity index is 119. The number of nitrogens with one attached hydrogen (secondary N) is 1. The van der Waals surface area contributed by atoms with Gasteiger partial charge in [-0.15, -0.1) is 0 Å². The molecule has 0 spiro atoms. The Hall–Kier alpha value is -0.370. The van der Waals surface area contributed by atoms with Crippen LogP contribution in [-0.4, -0.2) is 18.4 Å². The highest BCUT2D eigenvalue weighted by molar-refractivity contribution is 5.57. The van der Waals surface area contributed by atoms with Crippen LogP contribution in [0.3, 0.4) is 0 Å². The van der Waals surface area contributed by atoms with E-state index in [4.69, 9.17) is 0 Å². The molecule has 0 unspecified atom stereocenters. The molecule has 1 saturated carbocycles. The lowest BCUT2D eigenvalue weighted by Crippen LogP contribution is -2.38. The van der Waals surface area contributed by atoms with Gasteiger partial charge < -0.3 is 5.32 Å². The molecular formula is C9H16NO. The molecule has 1 radical (unpaired) electrons. The molecule has 0 saturated heterocycles. The van der Waals surface area contributed by atoms with Gasteiger partial charge in [0.2, 0.25) is 6.29 Å². The van der Waals surface area contributed by atoms with E-state index in [1.807, 2.05) is 13.2 Å². The lowest BCUT2D eigenvalue weighted by molar-refractivity contribution is 0.362. The smallest absolute Gasteiger partial charge is 0.216 e. The molecule has 0 heterocycles. The highest BCUT2D eigenvalue weighted by atomic mass is 16.1. The Kier molecular flexibility index (Phi) is 3.57. The van der Waals surface area contributed by atoms with E-state index in [0.29, 0.717) is 6.04 Å². The van der Waals surface area contributed by atoms with E-state index in [0.717, 1.165) is 0 Å². The molecule has 0 amide bonds. The Balaban J connectivity index is 2.18. The fraction of sp³-hybridized carbons (Fsp3) is 0.889. The highest BCUT2D eigenvalue weighted by Gasteiger charge is 2.14. The van der Waals surface area contributed by atoms with E-state index in [1.165, 1.54) is 32.1 Å².